The van der Waals surface area contributed by atoms with Crippen molar-refractivity contribution in [2.24, 2.45) is 4.99 Å². The molecule has 2 aromatic rings. The summed E-state index contributed by atoms with van der Waals surface area (Å²) in [4.78, 5) is 17.4. The summed E-state index contributed by atoms with van der Waals surface area (Å²) in [6.45, 7) is 9.04. The maximum Gasteiger partial charge on any atom is 0.269 e. The average Bonchev–Trinajstić information content (AvgIpc) is 2.60. The highest BCUT2D eigenvalue weighted by Gasteiger charge is 2.19. The molecule has 0 radical (unpaired) electrons. The molecule has 1 N–H and O–H groups in total. The van der Waals surface area contributed by atoms with Crippen LogP contribution in [0.25, 0.3) is 0 Å². The summed E-state index contributed by atoms with van der Waals surface area (Å²) < 4.78 is 0. The fourth-order valence-electron chi connectivity index (χ4n) is 2.82. The molecule has 0 unspecified atom stereocenters. The first-order valence-electron chi connectivity index (χ1n) is 8.76. The van der Waals surface area contributed by atoms with Crippen LogP contribution >= 0.6 is 0 Å². The smallest absolute Gasteiger partial charge is 0.269 e. The lowest BCUT2D eigenvalue weighted by atomic mass is 10.2. The highest BCUT2D eigenvalue weighted by Crippen LogP contribution is 2.17. The summed E-state index contributed by atoms with van der Waals surface area (Å²) in [6.07, 6.45) is 0. The molecular formula is C20H26N4O2. The molecule has 0 aliphatic carbocycles. The van der Waals surface area contributed by atoms with Gasteiger partial charge in [-0.3, -0.25) is 10.1 Å². The lowest BCUT2D eigenvalue weighted by Gasteiger charge is -2.34. The minimum absolute atomic E-state index is 0.0721. The zero-order chi connectivity index (χ0) is 19.1. The van der Waals surface area contributed by atoms with E-state index in [0.29, 0.717) is 6.54 Å². The second-order valence-corrected chi connectivity index (χ2v) is 6.65. The van der Waals surface area contributed by atoms with Crippen molar-refractivity contribution in [2.45, 2.75) is 46.3 Å². The van der Waals surface area contributed by atoms with Crippen molar-refractivity contribution < 1.29 is 4.92 Å². The Hall–Kier alpha value is -2.89. The van der Waals surface area contributed by atoms with Crippen LogP contribution in [0.15, 0.2) is 59.6 Å². The first kappa shape index (κ1) is 19.4. The van der Waals surface area contributed by atoms with E-state index in [2.05, 4.69) is 37.9 Å². The molecule has 0 saturated carbocycles. The SMILES string of the molecule is CC(C)N(C(=NCc1ccccc1)Nc1ccc([N+](=O)[O-])cc1)C(C)C. The predicted octanol–water partition coefficient (Wildman–Crippen LogP) is 4.68. The third-order valence-electron chi connectivity index (χ3n) is 3.95. The first-order valence-corrected chi connectivity index (χ1v) is 8.76. The van der Waals surface area contributed by atoms with E-state index in [1.54, 1.807) is 12.1 Å². The molecular weight excluding hydrogens is 328 g/mol. The zero-order valence-electron chi connectivity index (χ0n) is 15.7. The van der Waals surface area contributed by atoms with Gasteiger partial charge in [-0.15, -0.1) is 0 Å². The van der Waals surface area contributed by atoms with Crippen LogP contribution in [0.1, 0.15) is 33.3 Å². The van der Waals surface area contributed by atoms with E-state index in [-0.39, 0.29) is 17.8 Å². The number of hydrogen-bond donors (Lipinski definition) is 1. The van der Waals surface area contributed by atoms with Crippen molar-refractivity contribution >= 4 is 17.3 Å². The van der Waals surface area contributed by atoms with Gasteiger partial charge in [0.25, 0.3) is 5.69 Å². The monoisotopic (exact) mass is 354 g/mol. The van der Waals surface area contributed by atoms with E-state index >= 15 is 0 Å². The van der Waals surface area contributed by atoms with Crippen LogP contribution in [-0.2, 0) is 6.54 Å². The summed E-state index contributed by atoms with van der Waals surface area (Å²) in [5, 5.41) is 14.2. The number of guanidine groups is 1. The van der Waals surface area contributed by atoms with E-state index < -0.39 is 4.92 Å². The molecule has 0 saturated heterocycles. The highest BCUT2D eigenvalue weighted by molar-refractivity contribution is 5.94. The van der Waals surface area contributed by atoms with Crippen LogP contribution < -0.4 is 5.32 Å². The van der Waals surface area contributed by atoms with Crippen LogP contribution in [0.5, 0.6) is 0 Å². The minimum Gasteiger partial charge on any atom is -0.338 e. The lowest BCUT2D eigenvalue weighted by Crippen LogP contribution is -2.45. The second-order valence-electron chi connectivity index (χ2n) is 6.65. The molecule has 0 amide bonds. The highest BCUT2D eigenvalue weighted by atomic mass is 16.6. The Bertz CT molecular complexity index is 732. The van der Waals surface area contributed by atoms with Gasteiger partial charge < -0.3 is 10.2 Å². The molecule has 0 atom stereocenters. The molecule has 0 aliphatic rings. The summed E-state index contributed by atoms with van der Waals surface area (Å²) in [6, 6.07) is 17.0. The van der Waals surface area contributed by atoms with Gasteiger partial charge in [0.1, 0.15) is 0 Å². The number of nitrogens with one attached hydrogen (secondary N) is 1. The van der Waals surface area contributed by atoms with Crippen LogP contribution in [0.2, 0.25) is 0 Å². The Kier molecular flexibility index (Phi) is 6.72. The van der Waals surface area contributed by atoms with Crippen molar-refractivity contribution in [3.05, 3.63) is 70.3 Å². The van der Waals surface area contributed by atoms with E-state index in [9.17, 15) is 10.1 Å². The van der Waals surface area contributed by atoms with Crippen molar-refractivity contribution in [3.63, 3.8) is 0 Å². The number of nitrogens with zero attached hydrogens (tertiary/aromatic N) is 3. The topological polar surface area (TPSA) is 70.8 Å². The summed E-state index contributed by atoms with van der Waals surface area (Å²) in [5.74, 6) is 0.757. The fourth-order valence-corrected chi connectivity index (χ4v) is 2.82. The number of anilines is 1. The molecule has 0 fully saturated rings. The Morgan fingerprint density at radius 2 is 1.62 bits per heavy atom. The molecule has 0 aliphatic heterocycles. The normalized spacial score (nSPS) is 11.7. The molecule has 0 spiro atoms. The molecule has 0 aromatic heterocycles. The van der Waals surface area contributed by atoms with Crippen LogP contribution in [-0.4, -0.2) is 27.9 Å². The van der Waals surface area contributed by atoms with Crippen molar-refractivity contribution in [1.82, 2.24) is 4.90 Å². The van der Waals surface area contributed by atoms with Crippen molar-refractivity contribution in [1.29, 1.82) is 0 Å². The average molecular weight is 354 g/mol. The van der Waals surface area contributed by atoms with E-state index in [1.807, 2.05) is 30.3 Å². The largest absolute Gasteiger partial charge is 0.338 e. The van der Waals surface area contributed by atoms with Gasteiger partial charge in [-0.05, 0) is 45.4 Å². The minimum atomic E-state index is -0.400. The number of nitro benzene ring substituents is 1. The van der Waals surface area contributed by atoms with E-state index in [4.69, 9.17) is 4.99 Å². The maximum atomic E-state index is 10.8. The Labute approximate surface area is 154 Å². The molecule has 6 heteroatoms. The van der Waals surface area contributed by atoms with Crippen LogP contribution in [0, 0.1) is 10.1 Å². The van der Waals surface area contributed by atoms with Crippen molar-refractivity contribution in [2.75, 3.05) is 5.32 Å². The lowest BCUT2D eigenvalue weighted by molar-refractivity contribution is -0.384. The van der Waals surface area contributed by atoms with Gasteiger partial charge in [0.2, 0.25) is 0 Å². The Morgan fingerprint density at radius 1 is 1.04 bits per heavy atom. The fraction of sp³-hybridized carbons (Fsp3) is 0.350. The molecule has 0 heterocycles. The van der Waals surface area contributed by atoms with E-state index in [0.717, 1.165) is 17.2 Å². The Balaban J connectivity index is 2.28. The van der Waals surface area contributed by atoms with Gasteiger partial charge in [-0.25, -0.2) is 4.99 Å². The second kappa shape index (κ2) is 8.99. The summed E-state index contributed by atoms with van der Waals surface area (Å²) in [7, 11) is 0. The van der Waals surface area contributed by atoms with Gasteiger partial charge in [0.05, 0.1) is 11.5 Å². The molecule has 0 bridgehead atoms. The molecule has 138 valence electrons. The summed E-state index contributed by atoms with van der Waals surface area (Å²) in [5.41, 5.74) is 1.97. The molecule has 2 rings (SSSR count). The quantitative estimate of drug-likeness (QED) is 0.354. The maximum absolute atomic E-state index is 10.8. The number of benzene rings is 2. The first-order chi connectivity index (χ1) is 12.4. The Morgan fingerprint density at radius 3 is 2.12 bits per heavy atom. The third-order valence-corrected chi connectivity index (χ3v) is 3.95. The number of rotatable bonds is 6. The van der Waals surface area contributed by atoms with E-state index in [1.165, 1.54) is 12.1 Å². The number of aliphatic imine (C=N–C) groups is 1. The summed E-state index contributed by atoms with van der Waals surface area (Å²) >= 11 is 0. The van der Waals surface area contributed by atoms with Gasteiger partial charge >= 0.3 is 0 Å². The zero-order valence-corrected chi connectivity index (χ0v) is 15.7. The van der Waals surface area contributed by atoms with Crippen LogP contribution in [0.3, 0.4) is 0 Å². The standard InChI is InChI=1S/C20H26N4O2/c1-15(2)23(16(3)4)20(21-14-17-8-6-5-7-9-17)22-18-10-12-19(13-11-18)24(25)26/h5-13,15-16H,14H2,1-4H3,(H,21,22). The van der Waals surface area contributed by atoms with Crippen LogP contribution in [0.4, 0.5) is 11.4 Å². The van der Waals surface area contributed by atoms with Gasteiger partial charge in [-0.2, -0.15) is 0 Å². The third kappa shape index (κ3) is 5.31. The molecule has 2 aromatic carbocycles. The van der Waals surface area contributed by atoms with Gasteiger partial charge in [0.15, 0.2) is 5.96 Å². The number of nitro groups is 1. The number of hydrogen-bond acceptors (Lipinski definition) is 3. The molecule has 6 nitrogen and oxygen atoms in total. The van der Waals surface area contributed by atoms with Crippen molar-refractivity contribution in [3.8, 4) is 0 Å². The van der Waals surface area contributed by atoms with Gasteiger partial charge in [0, 0.05) is 29.9 Å². The predicted molar refractivity (Wildman–Crippen MR) is 106 cm³/mol. The molecule has 26 heavy (non-hydrogen) atoms. The number of non-ortho nitro benzene ring substituents is 1. The van der Waals surface area contributed by atoms with Gasteiger partial charge in [-0.1, -0.05) is 30.3 Å².